The first-order valence-electron chi connectivity index (χ1n) is 5.09. The van der Waals surface area contributed by atoms with Gasteiger partial charge in [0, 0.05) is 0 Å². The fourth-order valence-corrected chi connectivity index (χ4v) is 1.58. The van der Waals surface area contributed by atoms with Crippen molar-refractivity contribution < 1.29 is 18.3 Å². The van der Waals surface area contributed by atoms with Gasteiger partial charge in [0.05, 0.1) is 6.04 Å². The number of nitrogens with two attached hydrogens (primary N) is 1. The molecule has 1 aromatic carbocycles. The lowest BCUT2D eigenvalue weighted by molar-refractivity contribution is 0.116. The highest BCUT2D eigenvalue weighted by molar-refractivity contribution is 5.44. The second kappa shape index (κ2) is 4.65. The first kappa shape index (κ1) is 11.1. The predicted molar refractivity (Wildman–Crippen MR) is 55.1 cm³/mol. The molecule has 5 heteroatoms. The van der Waals surface area contributed by atoms with E-state index in [0.29, 0.717) is 24.7 Å². The molecule has 1 heterocycles. The minimum Gasteiger partial charge on any atom is -0.486 e. The Morgan fingerprint density at radius 3 is 2.56 bits per heavy atom. The minimum atomic E-state index is -2.51. The quantitative estimate of drug-likeness (QED) is 0.856. The molecule has 0 aromatic heterocycles. The van der Waals surface area contributed by atoms with E-state index in [1.54, 1.807) is 18.2 Å². The zero-order chi connectivity index (χ0) is 11.5. The highest BCUT2D eigenvalue weighted by Gasteiger charge is 2.17. The van der Waals surface area contributed by atoms with Crippen molar-refractivity contribution in [1.82, 2.24) is 0 Å². The van der Waals surface area contributed by atoms with Gasteiger partial charge in [0.25, 0.3) is 6.43 Å². The summed E-state index contributed by atoms with van der Waals surface area (Å²) in [5.74, 6) is 1.26. The lowest BCUT2D eigenvalue weighted by Gasteiger charge is -2.19. The Bertz CT molecular complexity index is 371. The summed E-state index contributed by atoms with van der Waals surface area (Å²) in [6.45, 7) is 1.00. The van der Waals surface area contributed by atoms with Crippen LogP contribution in [0.15, 0.2) is 18.2 Å². The van der Waals surface area contributed by atoms with Crippen LogP contribution in [0.25, 0.3) is 0 Å². The summed E-state index contributed by atoms with van der Waals surface area (Å²) in [6.07, 6.45) is -2.37. The van der Waals surface area contributed by atoms with Gasteiger partial charge in [-0.15, -0.1) is 0 Å². The van der Waals surface area contributed by atoms with Gasteiger partial charge in [0.2, 0.25) is 0 Å². The van der Waals surface area contributed by atoms with E-state index in [1.165, 1.54) is 0 Å². The molecule has 1 unspecified atom stereocenters. The number of alkyl halides is 2. The molecule has 0 spiro atoms. The second-order valence-corrected chi connectivity index (χ2v) is 3.68. The molecule has 88 valence electrons. The largest absolute Gasteiger partial charge is 0.486 e. The molecular formula is C11H13F2NO2. The van der Waals surface area contributed by atoms with Gasteiger partial charge in [0.15, 0.2) is 11.5 Å². The average molecular weight is 229 g/mol. The summed E-state index contributed by atoms with van der Waals surface area (Å²) < 4.78 is 35.2. The molecule has 2 rings (SSSR count). The van der Waals surface area contributed by atoms with Gasteiger partial charge in [-0.25, -0.2) is 8.78 Å². The standard InChI is InChI=1S/C11H13F2NO2/c12-11(13)8(14)5-7-1-2-9-10(6-7)16-4-3-15-9/h1-2,6,8,11H,3-5,14H2. The van der Waals surface area contributed by atoms with Gasteiger partial charge < -0.3 is 15.2 Å². The minimum absolute atomic E-state index is 0.133. The number of rotatable bonds is 3. The zero-order valence-electron chi connectivity index (χ0n) is 8.66. The molecule has 0 amide bonds. The molecule has 0 aliphatic carbocycles. The molecule has 3 nitrogen and oxygen atoms in total. The Morgan fingerprint density at radius 2 is 1.88 bits per heavy atom. The van der Waals surface area contributed by atoms with Crippen molar-refractivity contribution in [1.29, 1.82) is 0 Å². The number of halogens is 2. The molecule has 0 bridgehead atoms. The van der Waals surface area contributed by atoms with E-state index in [2.05, 4.69) is 0 Å². The first-order chi connectivity index (χ1) is 7.66. The number of hydrogen-bond acceptors (Lipinski definition) is 3. The van der Waals surface area contributed by atoms with E-state index in [-0.39, 0.29) is 6.42 Å². The molecule has 1 aliphatic rings. The fraction of sp³-hybridized carbons (Fsp3) is 0.455. The molecule has 0 fully saturated rings. The van der Waals surface area contributed by atoms with Crippen LogP contribution in [0.5, 0.6) is 11.5 Å². The molecular weight excluding hydrogens is 216 g/mol. The Kier molecular flexibility index (Phi) is 3.24. The van der Waals surface area contributed by atoms with Crippen LogP contribution in [0.3, 0.4) is 0 Å². The molecule has 1 aromatic rings. The van der Waals surface area contributed by atoms with Crippen LogP contribution in [0, 0.1) is 0 Å². The van der Waals surface area contributed by atoms with Gasteiger partial charge in [-0.3, -0.25) is 0 Å². The third-order valence-corrected chi connectivity index (χ3v) is 2.40. The summed E-state index contributed by atoms with van der Waals surface area (Å²) in [4.78, 5) is 0. The lowest BCUT2D eigenvalue weighted by atomic mass is 10.1. The molecule has 0 radical (unpaired) electrons. The van der Waals surface area contributed by atoms with Crippen LogP contribution < -0.4 is 15.2 Å². The maximum atomic E-state index is 12.3. The summed E-state index contributed by atoms with van der Waals surface area (Å²) in [5, 5.41) is 0. The molecule has 1 aliphatic heterocycles. The molecule has 1 atom stereocenters. The van der Waals surface area contributed by atoms with Crippen LogP contribution in [0.2, 0.25) is 0 Å². The van der Waals surface area contributed by atoms with Crippen molar-refractivity contribution in [3.8, 4) is 11.5 Å². The van der Waals surface area contributed by atoms with Crippen molar-refractivity contribution in [2.24, 2.45) is 5.73 Å². The molecule has 16 heavy (non-hydrogen) atoms. The average Bonchev–Trinajstić information content (AvgIpc) is 2.28. The van der Waals surface area contributed by atoms with Crippen molar-refractivity contribution >= 4 is 0 Å². The summed E-state index contributed by atoms with van der Waals surface area (Å²) in [6, 6.07) is 4.02. The number of ether oxygens (including phenoxy) is 2. The topological polar surface area (TPSA) is 44.5 Å². The molecule has 2 N–H and O–H groups in total. The third-order valence-electron chi connectivity index (χ3n) is 2.40. The Hall–Kier alpha value is -1.36. The van der Waals surface area contributed by atoms with Crippen LogP contribution >= 0.6 is 0 Å². The van der Waals surface area contributed by atoms with E-state index in [4.69, 9.17) is 15.2 Å². The Labute approximate surface area is 92.1 Å². The van der Waals surface area contributed by atoms with Gasteiger partial charge >= 0.3 is 0 Å². The number of benzene rings is 1. The van der Waals surface area contributed by atoms with Crippen LogP contribution in [-0.4, -0.2) is 25.7 Å². The van der Waals surface area contributed by atoms with Gasteiger partial charge in [0.1, 0.15) is 13.2 Å². The molecule has 0 saturated carbocycles. The van der Waals surface area contributed by atoms with Crippen LogP contribution in [0.4, 0.5) is 8.78 Å². The van der Waals surface area contributed by atoms with Crippen molar-refractivity contribution in [3.63, 3.8) is 0 Å². The number of fused-ring (bicyclic) bond motifs is 1. The van der Waals surface area contributed by atoms with Crippen molar-refractivity contribution in [2.75, 3.05) is 13.2 Å². The summed E-state index contributed by atoms with van der Waals surface area (Å²) in [5.41, 5.74) is 6.04. The maximum absolute atomic E-state index is 12.3. The number of hydrogen-bond donors (Lipinski definition) is 1. The fourth-order valence-electron chi connectivity index (χ4n) is 1.58. The SMILES string of the molecule is NC(Cc1ccc2c(c1)OCCO2)C(F)F. The van der Waals surface area contributed by atoms with E-state index >= 15 is 0 Å². The third kappa shape index (κ3) is 2.41. The van der Waals surface area contributed by atoms with Gasteiger partial charge in [-0.05, 0) is 24.1 Å². The lowest BCUT2D eigenvalue weighted by Crippen LogP contribution is -2.30. The normalized spacial score (nSPS) is 16.2. The smallest absolute Gasteiger partial charge is 0.253 e. The predicted octanol–water partition coefficient (Wildman–Crippen LogP) is 1.59. The van der Waals surface area contributed by atoms with E-state index < -0.39 is 12.5 Å². The Morgan fingerprint density at radius 1 is 1.19 bits per heavy atom. The van der Waals surface area contributed by atoms with E-state index in [1.807, 2.05) is 0 Å². The first-order valence-corrected chi connectivity index (χ1v) is 5.09. The van der Waals surface area contributed by atoms with Gasteiger partial charge in [-0.1, -0.05) is 6.07 Å². The van der Waals surface area contributed by atoms with Crippen molar-refractivity contribution in [2.45, 2.75) is 18.9 Å². The maximum Gasteiger partial charge on any atom is 0.253 e. The highest BCUT2D eigenvalue weighted by Crippen LogP contribution is 2.31. The monoisotopic (exact) mass is 229 g/mol. The molecule has 0 saturated heterocycles. The highest BCUT2D eigenvalue weighted by atomic mass is 19.3. The summed E-state index contributed by atoms with van der Waals surface area (Å²) >= 11 is 0. The zero-order valence-corrected chi connectivity index (χ0v) is 8.66. The van der Waals surface area contributed by atoms with E-state index in [0.717, 1.165) is 5.56 Å². The van der Waals surface area contributed by atoms with Gasteiger partial charge in [-0.2, -0.15) is 0 Å². The van der Waals surface area contributed by atoms with Crippen LogP contribution in [0.1, 0.15) is 5.56 Å². The van der Waals surface area contributed by atoms with Crippen molar-refractivity contribution in [3.05, 3.63) is 23.8 Å². The van der Waals surface area contributed by atoms with Crippen LogP contribution in [-0.2, 0) is 6.42 Å². The second-order valence-electron chi connectivity index (χ2n) is 3.68. The summed E-state index contributed by atoms with van der Waals surface area (Å²) in [7, 11) is 0. The van der Waals surface area contributed by atoms with E-state index in [9.17, 15) is 8.78 Å². The Balaban J connectivity index is 2.11.